The molecule has 0 aliphatic carbocycles. The number of halogens is 2. The van der Waals surface area contributed by atoms with E-state index in [0.29, 0.717) is 5.69 Å². The first-order chi connectivity index (χ1) is 11.9. The van der Waals surface area contributed by atoms with Crippen LogP contribution >= 0.6 is 0 Å². The molecule has 1 saturated heterocycles. The highest BCUT2D eigenvalue weighted by Gasteiger charge is 2.48. The second-order valence-electron chi connectivity index (χ2n) is 6.32. The number of aryl methyl sites for hydroxylation is 1. The molecule has 2 aromatic rings. The summed E-state index contributed by atoms with van der Waals surface area (Å²) in [4.78, 5) is 16.1. The van der Waals surface area contributed by atoms with Gasteiger partial charge in [0.25, 0.3) is 5.91 Å². The highest BCUT2D eigenvalue weighted by Crippen LogP contribution is 2.32. The Labute approximate surface area is 145 Å². The summed E-state index contributed by atoms with van der Waals surface area (Å²) in [5.74, 6) is -4.88. The number of carbonyl (C=O) groups is 1. The highest BCUT2D eigenvalue weighted by atomic mass is 19.3. The number of imidazole rings is 1. The van der Waals surface area contributed by atoms with Crippen molar-refractivity contribution in [2.75, 3.05) is 18.5 Å². The van der Waals surface area contributed by atoms with Crippen LogP contribution in [0.5, 0.6) is 0 Å². The molecule has 0 spiro atoms. The van der Waals surface area contributed by atoms with Gasteiger partial charge in [-0.25, -0.2) is 4.98 Å². The Morgan fingerprint density at radius 2 is 2.12 bits per heavy atom. The van der Waals surface area contributed by atoms with Gasteiger partial charge in [-0.2, -0.15) is 8.78 Å². The molecule has 2 heterocycles. The van der Waals surface area contributed by atoms with Crippen LogP contribution in [0.15, 0.2) is 36.7 Å². The molecular formula is C18H21F2N3O2. The van der Waals surface area contributed by atoms with Gasteiger partial charge in [0.1, 0.15) is 5.82 Å². The van der Waals surface area contributed by atoms with E-state index in [4.69, 9.17) is 4.74 Å². The van der Waals surface area contributed by atoms with Crippen molar-refractivity contribution in [2.45, 2.75) is 32.2 Å². The van der Waals surface area contributed by atoms with Crippen molar-refractivity contribution in [3.8, 4) is 0 Å². The van der Waals surface area contributed by atoms with E-state index in [9.17, 15) is 13.6 Å². The fourth-order valence-electron chi connectivity index (χ4n) is 3.02. The predicted molar refractivity (Wildman–Crippen MR) is 89.7 cm³/mol. The Morgan fingerprint density at radius 1 is 1.40 bits per heavy atom. The number of alkyl halides is 2. The molecule has 7 heteroatoms. The molecule has 0 saturated carbocycles. The zero-order chi connectivity index (χ0) is 18.0. The topological polar surface area (TPSA) is 56.2 Å². The zero-order valence-corrected chi connectivity index (χ0v) is 14.2. The molecule has 2 atom stereocenters. The standard InChI is InChI=1S/C18H21F2N3O2/c1-12(23-9-8-21-13(23)2)14-3-5-16(6-4-14)22-17(24)18(19,20)15-7-10-25-11-15/h3-6,8-9,12,15H,7,10-11H2,1-2H3,(H,22,24)/t12-,15+/m0/s1. The quantitative estimate of drug-likeness (QED) is 0.900. The number of hydrogen-bond donors (Lipinski definition) is 1. The minimum Gasteiger partial charge on any atom is -0.381 e. The Kier molecular flexibility index (Phi) is 4.85. The van der Waals surface area contributed by atoms with Gasteiger partial charge in [0.2, 0.25) is 0 Å². The molecule has 1 aliphatic rings. The minimum absolute atomic E-state index is 0.0596. The van der Waals surface area contributed by atoms with Crippen molar-refractivity contribution in [3.05, 3.63) is 48.0 Å². The largest absolute Gasteiger partial charge is 0.381 e. The normalized spacial score (nSPS) is 19.0. The fraction of sp³-hybridized carbons (Fsp3) is 0.444. The molecule has 1 aliphatic heterocycles. The Hall–Kier alpha value is -2.28. The van der Waals surface area contributed by atoms with Gasteiger partial charge < -0.3 is 14.6 Å². The van der Waals surface area contributed by atoms with E-state index in [1.54, 1.807) is 18.3 Å². The first-order valence-corrected chi connectivity index (χ1v) is 8.26. The fourth-order valence-corrected chi connectivity index (χ4v) is 3.02. The Balaban J connectivity index is 1.68. The van der Waals surface area contributed by atoms with Crippen molar-refractivity contribution in [3.63, 3.8) is 0 Å². The maximum absolute atomic E-state index is 14.1. The van der Waals surface area contributed by atoms with Crippen LogP contribution in [0.2, 0.25) is 0 Å². The molecule has 0 bridgehead atoms. The number of amides is 1. The summed E-state index contributed by atoms with van der Waals surface area (Å²) in [7, 11) is 0. The van der Waals surface area contributed by atoms with Crippen LogP contribution in [-0.4, -0.2) is 34.6 Å². The Morgan fingerprint density at radius 3 is 2.68 bits per heavy atom. The molecule has 1 aromatic carbocycles. The number of carbonyl (C=O) groups excluding carboxylic acids is 1. The van der Waals surface area contributed by atoms with Crippen LogP contribution in [0.3, 0.4) is 0 Å². The molecule has 5 nitrogen and oxygen atoms in total. The highest BCUT2D eigenvalue weighted by molar-refractivity contribution is 5.96. The number of rotatable bonds is 5. The molecule has 1 aromatic heterocycles. The van der Waals surface area contributed by atoms with E-state index in [2.05, 4.69) is 10.3 Å². The van der Waals surface area contributed by atoms with Crippen molar-refractivity contribution in [1.29, 1.82) is 0 Å². The van der Waals surface area contributed by atoms with E-state index < -0.39 is 17.7 Å². The van der Waals surface area contributed by atoms with Crippen LogP contribution in [0, 0.1) is 12.8 Å². The SMILES string of the molecule is Cc1nccn1[C@@H](C)c1ccc(NC(=O)C(F)(F)[C@@H]2CCOC2)cc1. The monoisotopic (exact) mass is 349 g/mol. The number of nitrogens with one attached hydrogen (secondary N) is 1. The van der Waals surface area contributed by atoms with Crippen LogP contribution in [0.4, 0.5) is 14.5 Å². The molecule has 0 radical (unpaired) electrons. The van der Waals surface area contributed by atoms with E-state index in [1.807, 2.05) is 36.7 Å². The lowest BCUT2D eigenvalue weighted by molar-refractivity contribution is -0.147. The summed E-state index contributed by atoms with van der Waals surface area (Å²) in [6.45, 7) is 4.13. The molecular weight excluding hydrogens is 328 g/mol. The smallest absolute Gasteiger partial charge is 0.329 e. The van der Waals surface area contributed by atoms with Gasteiger partial charge in [-0.1, -0.05) is 12.1 Å². The maximum Gasteiger partial charge on any atom is 0.329 e. The van der Waals surface area contributed by atoms with E-state index in [-0.39, 0.29) is 25.7 Å². The molecule has 1 N–H and O–H groups in total. The number of ether oxygens (including phenoxy) is 1. The summed E-state index contributed by atoms with van der Waals surface area (Å²) in [5.41, 5.74) is 1.34. The van der Waals surface area contributed by atoms with Gasteiger partial charge in [0, 0.05) is 24.7 Å². The molecule has 134 valence electrons. The van der Waals surface area contributed by atoms with Crippen LogP contribution < -0.4 is 5.32 Å². The van der Waals surface area contributed by atoms with Gasteiger partial charge >= 0.3 is 5.92 Å². The number of aromatic nitrogens is 2. The molecule has 1 amide bonds. The van der Waals surface area contributed by atoms with Crippen molar-refractivity contribution in [2.24, 2.45) is 5.92 Å². The Bertz CT molecular complexity index is 737. The summed E-state index contributed by atoms with van der Waals surface area (Å²) in [6.07, 6.45) is 3.82. The summed E-state index contributed by atoms with van der Waals surface area (Å²) in [6, 6.07) is 6.96. The third-order valence-corrected chi connectivity index (χ3v) is 4.68. The van der Waals surface area contributed by atoms with Gasteiger partial charge in [0.05, 0.1) is 18.6 Å². The minimum atomic E-state index is -3.43. The summed E-state index contributed by atoms with van der Waals surface area (Å²) >= 11 is 0. The lowest BCUT2D eigenvalue weighted by Gasteiger charge is -2.21. The van der Waals surface area contributed by atoms with Crippen LogP contribution in [0.1, 0.15) is 30.8 Å². The predicted octanol–water partition coefficient (Wildman–Crippen LogP) is 3.41. The molecule has 25 heavy (non-hydrogen) atoms. The maximum atomic E-state index is 14.1. The van der Waals surface area contributed by atoms with Gasteiger partial charge in [-0.3, -0.25) is 4.79 Å². The average Bonchev–Trinajstić information content (AvgIpc) is 3.26. The molecule has 1 fully saturated rings. The van der Waals surface area contributed by atoms with Gasteiger partial charge in [0.15, 0.2) is 0 Å². The van der Waals surface area contributed by atoms with Crippen molar-refractivity contribution < 1.29 is 18.3 Å². The van der Waals surface area contributed by atoms with Crippen LogP contribution in [0.25, 0.3) is 0 Å². The lowest BCUT2D eigenvalue weighted by atomic mass is 10.00. The number of hydrogen-bond acceptors (Lipinski definition) is 3. The van der Waals surface area contributed by atoms with Gasteiger partial charge in [-0.05, 0) is 38.0 Å². The van der Waals surface area contributed by atoms with Gasteiger partial charge in [-0.15, -0.1) is 0 Å². The molecule has 0 unspecified atom stereocenters. The third-order valence-electron chi connectivity index (χ3n) is 4.68. The lowest BCUT2D eigenvalue weighted by Crippen LogP contribution is -2.41. The first kappa shape index (κ1) is 17.5. The summed E-state index contributed by atoms with van der Waals surface area (Å²) in [5, 5.41) is 2.31. The first-order valence-electron chi connectivity index (χ1n) is 8.26. The van der Waals surface area contributed by atoms with Crippen LogP contribution in [-0.2, 0) is 9.53 Å². The average molecular weight is 349 g/mol. The second-order valence-corrected chi connectivity index (χ2v) is 6.32. The van der Waals surface area contributed by atoms with Crippen molar-refractivity contribution in [1.82, 2.24) is 9.55 Å². The number of anilines is 1. The van der Waals surface area contributed by atoms with E-state index in [1.165, 1.54) is 0 Å². The summed E-state index contributed by atoms with van der Waals surface area (Å²) < 4.78 is 35.3. The third kappa shape index (κ3) is 3.56. The zero-order valence-electron chi connectivity index (χ0n) is 14.2. The number of nitrogens with zero attached hydrogens (tertiary/aromatic N) is 2. The van der Waals surface area contributed by atoms with E-state index in [0.717, 1.165) is 11.4 Å². The second kappa shape index (κ2) is 6.92. The molecule has 3 rings (SSSR count). The number of benzene rings is 1. The van der Waals surface area contributed by atoms with E-state index >= 15 is 0 Å². The van der Waals surface area contributed by atoms with Crippen molar-refractivity contribution >= 4 is 11.6 Å².